The Balaban J connectivity index is 1.66. The Bertz CT molecular complexity index is 241. The summed E-state index contributed by atoms with van der Waals surface area (Å²) in [5, 5.41) is 3.24. The van der Waals surface area contributed by atoms with Gasteiger partial charge < -0.3 is 15.0 Å². The predicted octanol–water partition coefficient (Wildman–Crippen LogP) is 0.623. The molecule has 1 N–H and O–H groups in total. The van der Waals surface area contributed by atoms with E-state index in [-0.39, 0.29) is 12.5 Å². The zero-order valence-corrected chi connectivity index (χ0v) is 10.1. The molecule has 1 unspecified atom stereocenters. The third kappa shape index (κ3) is 3.46. The van der Waals surface area contributed by atoms with E-state index in [4.69, 9.17) is 4.74 Å². The number of hydrogen-bond donors (Lipinski definition) is 1. The molecular weight excluding hydrogens is 204 g/mol. The van der Waals surface area contributed by atoms with Gasteiger partial charge >= 0.3 is 0 Å². The zero-order valence-electron chi connectivity index (χ0n) is 10.1. The van der Waals surface area contributed by atoms with Crippen LogP contribution < -0.4 is 5.32 Å². The first kappa shape index (κ1) is 11.9. The van der Waals surface area contributed by atoms with Crippen molar-refractivity contribution < 1.29 is 9.53 Å². The minimum absolute atomic E-state index is 0.153. The molecule has 0 aromatic rings. The van der Waals surface area contributed by atoms with Gasteiger partial charge in [0, 0.05) is 19.1 Å². The summed E-state index contributed by atoms with van der Waals surface area (Å²) < 4.78 is 5.43. The highest BCUT2D eigenvalue weighted by Gasteiger charge is 2.24. The van der Waals surface area contributed by atoms with Crippen molar-refractivity contribution in [2.24, 2.45) is 5.92 Å². The van der Waals surface area contributed by atoms with Crippen molar-refractivity contribution in [3.05, 3.63) is 0 Å². The van der Waals surface area contributed by atoms with Crippen LogP contribution in [0.2, 0.25) is 0 Å². The van der Waals surface area contributed by atoms with E-state index >= 15 is 0 Å². The second-order valence-electron chi connectivity index (χ2n) is 4.93. The van der Waals surface area contributed by atoms with Crippen molar-refractivity contribution in [1.29, 1.82) is 0 Å². The Morgan fingerprint density at radius 3 is 2.94 bits per heavy atom. The van der Waals surface area contributed by atoms with Gasteiger partial charge in [0.25, 0.3) is 0 Å². The second-order valence-corrected chi connectivity index (χ2v) is 4.93. The van der Waals surface area contributed by atoms with Crippen molar-refractivity contribution >= 4 is 5.91 Å². The van der Waals surface area contributed by atoms with E-state index in [2.05, 4.69) is 5.32 Å². The summed E-state index contributed by atoms with van der Waals surface area (Å²) in [4.78, 5) is 13.8. The lowest BCUT2D eigenvalue weighted by molar-refractivity contribution is -0.137. The van der Waals surface area contributed by atoms with Crippen LogP contribution in [0.25, 0.3) is 0 Å². The maximum Gasteiger partial charge on any atom is 0.248 e. The fourth-order valence-electron chi connectivity index (χ4n) is 2.13. The minimum atomic E-state index is 0.153. The Hall–Kier alpha value is -0.610. The standard InChI is InChI=1S/C12H22N2O2/c1-13-11-3-2-6-14(7-11)12(15)9-16-8-10-4-5-10/h10-11,13H,2-9H2,1H3. The molecule has 2 fully saturated rings. The maximum absolute atomic E-state index is 11.8. The van der Waals surface area contributed by atoms with Crippen LogP contribution in [0.3, 0.4) is 0 Å². The lowest BCUT2D eigenvalue weighted by Crippen LogP contribution is -2.48. The fraction of sp³-hybridized carbons (Fsp3) is 0.917. The van der Waals surface area contributed by atoms with Crippen LogP contribution in [-0.2, 0) is 9.53 Å². The normalized spacial score (nSPS) is 25.8. The van der Waals surface area contributed by atoms with E-state index in [1.54, 1.807) is 0 Å². The quantitative estimate of drug-likeness (QED) is 0.747. The molecule has 1 saturated heterocycles. The molecule has 0 aromatic heterocycles. The van der Waals surface area contributed by atoms with E-state index < -0.39 is 0 Å². The molecule has 1 aliphatic heterocycles. The summed E-state index contributed by atoms with van der Waals surface area (Å²) >= 11 is 0. The van der Waals surface area contributed by atoms with Gasteiger partial charge in [-0.3, -0.25) is 4.79 Å². The highest BCUT2D eigenvalue weighted by atomic mass is 16.5. The molecule has 16 heavy (non-hydrogen) atoms. The molecule has 0 radical (unpaired) electrons. The van der Waals surface area contributed by atoms with E-state index in [1.807, 2.05) is 11.9 Å². The van der Waals surface area contributed by atoms with Gasteiger partial charge in [0.15, 0.2) is 0 Å². The van der Waals surface area contributed by atoms with Crippen molar-refractivity contribution in [2.75, 3.05) is 33.4 Å². The maximum atomic E-state index is 11.8. The lowest BCUT2D eigenvalue weighted by Gasteiger charge is -2.32. The Morgan fingerprint density at radius 1 is 1.44 bits per heavy atom. The summed E-state index contributed by atoms with van der Waals surface area (Å²) in [6.07, 6.45) is 4.82. The van der Waals surface area contributed by atoms with Crippen LogP contribution in [0, 0.1) is 5.92 Å². The molecule has 1 atom stereocenters. The number of ether oxygens (including phenoxy) is 1. The van der Waals surface area contributed by atoms with Crippen LogP contribution in [0.15, 0.2) is 0 Å². The summed E-state index contributed by atoms with van der Waals surface area (Å²) in [6.45, 7) is 2.77. The Kier molecular flexibility index (Phi) is 4.18. The molecule has 0 spiro atoms. The molecular formula is C12H22N2O2. The minimum Gasteiger partial charge on any atom is -0.371 e. The number of rotatable bonds is 5. The molecule has 1 heterocycles. The highest BCUT2D eigenvalue weighted by molar-refractivity contribution is 5.77. The average molecular weight is 226 g/mol. The molecule has 4 nitrogen and oxygen atoms in total. The SMILES string of the molecule is CNC1CCCN(C(=O)COCC2CC2)C1. The molecule has 1 aliphatic carbocycles. The number of nitrogens with one attached hydrogen (secondary N) is 1. The van der Waals surface area contributed by atoms with E-state index in [1.165, 1.54) is 19.3 Å². The molecule has 0 bridgehead atoms. The van der Waals surface area contributed by atoms with Gasteiger partial charge in [0.05, 0.1) is 6.61 Å². The number of carbonyl (C=O) groups excluding carboxylic acids is 1. The number of carbonyl (C=O) groups is 1. The monoisotopic (exact) mass is 226 g/mol. The van der Waals surface area contributed by atoms with Crippen LogP contribution in [0.5, 0.6) is 0 Å². The topological polar surface area (TPSA) is 41.6 Å². The van der Waals surface area contributed by atoms with Crippen molar-refractivity contribution in [3.8, 4) is 0 Å². The second kappa shape index (κ2) is 5.64. The molecule has 0 aromatic carbocycles. The van der Waals surface area contributed by atoms with Gasteiger partial charge in [-0.15, -0.1) is 0 Å². The number of hydrogen-bond acceptors (Lipinski definition) is 3. The van der Waals surface area contributed by atoms with E-state index in [0.717, 1.165) is 32.0 Å². The summed E-state index contributed by atoms with van der Waals surface area (Å²) in [5.41, 5.74) is 0. The van der Waals surface area contributed by atoms with Gasteiger partial charge in [0.1, 0.15) is 6.61 Å². The number of piperidine rings is 1. The first-order chi connectivity index (χ1) is 7.79. The average Bonchev–Trinajstić information content (AvgIpc) is 3.13. The summed E-state index contributed by atoms with van der Waals surface area (Å²) in [6, 6.07) is 0.459. The van der Waals surface area contributed by atoms with Gasteiger partial charge in [0.2, 0.25) is 5.91 Å². The van der Waals surface area contributed by atoms with Gasteiger partial charge in [-0.25, -0.2) is 0 Å². The number of amides is 1. The summed E-state index contributed by atoms with van der Waals surface area (Å²) in [7, 11) is 1.96. The third-order valence-corrected chi connectivity index (χ3v) is 3.46. The molecule has 4 heteroatoms. The smallest absolute Gasteiger partial charge is 0.248 e. The lowest BCUT2D eigenvalue weighted by atomic mass is 10.1. The van der Waals surface area contributed by atoms with E-state index in [9.17, 15) is 4.79 Å². The Labute approximate surface area is 97.3 Å². The van der Waals surface area contributed by atoms with Crippen LogP contribution in [-0.4, -0.2) is 50.2 Å². The number of nitrogens with zero attached hydrogens (tertiary/aromatic N) is 1. The van der Waals surface area contributed by atoms with Gasteiger partial charge in [-0.1, -0.05) is 0 Å². The predicted molar refractivity (Wildman–Crippen MR) is 62.2 cm³/mol. The van der Waals surface area contributed by atoms with Gasteiger partial charge in [-0.2, -0.15) is 0 Å². The zero-order chi connectivity index (χ0) is 11.4. The Morgan fingerprint density at radius 2 is 2.25 bits per heavy atom. The molecule has 92 valence electrons. The fourth-order valence-corrected chi connectivity index (χ4v) is 2.13. The molecule has 2 aliphatic rings. The number of likely N-dealkylation sites (N-methyl/N-ethyl adjacent to an activating group) is 1. The van der Waals surface area contributed by atoms with Crippen molar-refractivity contribution in [1.82, 2.24) is 10.2 Å². The van der Waals surface area contributed by atoms with Crippen molar-refractivity contribution in [3.63, 3.8) is 0 Å². The molecule has 1 saturated carbocycles. The van der Waals surface area contributed by atoms with E-state index in [0.29, 0.717) is 6.04 Å². The highest BCUT2D eigenvalue weighted by Crippen LogP contribution is 2.28. The van der Waals surface area contributed by atoms with Crippen molar-refractivity contribution in [2.45, 2.75) is 31.7 Å². The molecule has 2 rings (SSSR count). The number of likely N-dealkylation sites (tertiary alicyclic amines) is 1. The van der Waals surface area contributed by atoms with Gasteiger partial charge in [-0.05, 0) is 38.6 Å². The largest absolute Gasteiger partial charge is 0.371 e. The summed E-state index contributed by atoms with van der Waals surface area (Å²) in [5.74, 6) is 0.889. The van der Waals surface area contributed by atoms with Crippen LogP contribution in [0.4, 0.5) is 0 Å². The first-order valence-electron chi connectivity index (χ1n) is 6.32. The first-order valence-corrected chi connectivity index (χ1v) is 6.32. The molecule has 1 amide bonds. The third-order valence-electron chi connectivity index (χ3n) is 3.46. The van der Waals surface area contributed by atoms with Crippen LogP contribution in [0.1, 0.15) is 25.7 Å². The van der Waals surface area contributed by atoms with Crippen LogP contribution >= 0.6 is 0 Å².